The van der Waals surface area contributed by atoms with E-state index in [0.29, 0.717) is 13.2 Å². The van der Waals surface area contributed by atoms with Gasteiger partial charge in [-0.2, -0.15) is 0 Å². The number of methoxy groups -OCH3 is 1. The summed E-state index contributed by atoms with van der Waals surface area (Å²) in [6.07, 6.45) is -0.463. The van der Waals surface area contributed by atoms with Gasteiger partial charge in [0, 0.05) is 24.2 Å². The Bertz CT molecular complexity index is 320. The summed E-state index contributed by atoms with van der Waals surface area (Å²) in [4.78, 5) is 0. The summed E-state index contributed by atoms with van der Waals surface area (Å²) in [5, 5.41) is 12.8. The third-order valence-electron chi connectivity index (χ3n) is 2.39. The lowest BCUT2D eigenvalue weighted by Gasteiger charge is -2.18. The van der Waals surface area contributed by atoms with Gasteiger partial charge in [0.05, 0.1) is 12.7 Å². The number of aliphatic hydroxyl groups is 1. The van der Waals surface area contributed by atoms with Crippen LogP contribution in [0.15, 0.2) is 28.7 Å². The molecule has 0 radical (unpaired) electrons. The molecule has 90 valence electrons. The quantitative estimate of drug-likeness (QED) is 0.842. The zero-order valence-electron chi connectivity index (χ0n) is 9.61. The molecule has 16 heavy (non-hydrogen) atoms. The molecule has 4 heteroatoms. The molecule has 1 aromatic carbocycles. The van der Waals surface area contributed by atoms with Crippen LogP contribution in [0.1, 0.15) is 18.5 Å². The van der Waals surface area contributed by atoms with Crippen molar-refractivity contribution in [1.29, 1.82) is 0 Å². The maximum atomic E-state index is 9.52. The van der Waals surface area contributed by atoms with Crippen molar-refractivity contribution in [3.05, 3.63) is 34.3 Å². The van der Waals surface area contributed by atoms with E-state index in [0.717, 1.165) is 4.47 Å². The predicted molar refractivity (Wildman–Crippen MR) is 68.4 cm³/mol. The highest BCUT2D eigenvalue weighted by Crippen LogP contribution is 2.22. The van der Waals surface area contributed by atoms with Gasteiger partial charge in [-0.1, -0.05) is 34.1 Å². The van der Waals surface area contributed by atoms with E-state index in [-0.39, 0.29) is 6.04 Å². The van der Waals surface area contributed by atoms with Gasteiger partial charge in [0.15, 0.2) is 0 Å². The smallest absolute Gasteiger partial charge is 0.0897 e. The van der Waals surface area contributed by atoms with Crippen LogP contribution in [0, 0.1) is 0 Å². The van der Waals surface area contributed by atoms with Gasteiger partial charge >= 0.3 is 0 Å². The fourth-order valence-corrected chi connectivity index (χ4v) is 2.13. The molecule has 1 rings (SSSR count). The lowest BCUT2D eigenvalue weighted by molar-refractivity contribution is 0.0630. The number of benzene rings is 1. The third-order valence-corrected chi connectivity index (χ3v) is 3.11. The molecule has 0 fully saturated rings. The number of nitrogens with one attached hydrogen (secondary N) is 1. The first-order valence-electron chi connectivity index (χ1n) is 5.30. The van der Waals surface area contributed by atoms with Gasteiger partial charge in [0.25, 0.3) is 0 Å². The zero-order chi connectivity index (χ0) is 12.0. The minimum Gasteiger partial charge on any atom is -0.389 e. The summed E-state index contributed by atoms with van der Waals surface area (Å²) in [7, 11) is 1.58. The standard InChI is InChI=1S/C12H18BrNO2/c1-9(14-7-10(15)8-16-2)11-5-3-4-6-12(11)13/h3-6,9-10,14-15H,7-8H2,1-2H3/t9-,10?/m1/s1. The van der Waals surface area contributed by atoms with Gasteiger partial charge in [0.1, 0.15) is 0 Å². The average Bonchev–Trinajstić information content (AvgIpc) is 2.27. The van der Waals surface area contributed by atoms with Crippen molar-refractivity contribution in [3.8, 4) is 0 Å². The van der Waals surface area contributed by atoms with E-state index in [2.05, 4.69) is 34.2 Å². The van der Waals surface area contributed by atoms with Crippen molar-refractivity contribution >= 4 is 15.9 Å². The Balaban J connectivity index is 2.46. The van der Waals surface area contributed by atoms with Crippen LogP contribution in [0.4, 0.5) is 0 Å². The molecule has 0 amide bonds. The van der Waals surface area contributed by atoms with E-state index < -0.39 is 6.10 Å². The van der Waals surface area contributed by atoms with Crippen molar-refractivity contribution in [2.24, 2.45) is 0 Å². The molecule has 2 atom stereocenters. The highest BCUT2D eigenvalue weighted by atomic mass is 79.9. The monoisotopic (exact) mass is 287 g/mol. The Morgan fingerprint density at radius 3 is 2.75 bits per heavy atom. The Morgan fingerprint density at radius 1 is 1.44 bits per heavy atom. The van der Waals surface area contributed by atoms with Crippen molar-refractivity contribution in [2.75, 3.05) is 20.3 Å². The van der Waals surface area contributed by atoms with Crippen LogP contribution in [0.3, 0.4) is 0 Å². The summed E-state index contributed by atoms with van der Waals surface area (Å²) in [5.41, 5.74) is 1.19. The van der Waals surface area contributed by atoms with Gasteiger partial charge in [-0.25, -0.2) is 0 Å². The molecule has 0 spiro atoms. The highest BCUT2D eigenvalue weighted by molar-refractivity contribution is 9.10. The van der Waals surface area contributed by atoms with Gasteiger partial charge in [-0.3, -0.25) is 0 Å². The Kier molecular flexibility index (Phi) is 5.98. The number of rotatable bonds is 6. The van der Waals surface area contributed by atoms with Crippen molar-refractivity contribution in [3.63, 3.8) is 0 Å². The summed E-state index contributed by atoms with van der Waals surface area (Å²) < 4.78 is 5.95. The molecule has 1 unspecified atom stereocenters. The van der Waals surface area contributed by atoms with Gasteiger partial charge in [0.2, 0.25) is 0 Å². The van der Waals surface area contributed by atoms with E-state index in [1.807, 2.05) is 18.2 Å². The molecule has 2 N–H and O–H groups in total. The topological polar surface area (TPSA) is 41.5 Å². The maximum absolute atomic E-state index is 9.52. The van der Waals surface area contributed by atoms with Crippen molar-refractivity contribution in [1.82, 2.24) is 5.32 Å². The van der Waals surface area contributed by atoms with Crippen LogP contribution in [-0.2, 0) is 4.74 Å². The van der Waals surface area contributed by atoms with E-state index in [9.17, 15) is 5.11 Å². The molecule has 1 aromatic rings. The number of halogens is 1. The first-order valence-corrected chi connectivity index (χ1v) is 6.09. The number of hydrogen-bond acceptors (Lipinski definition) is 3. The van der Waals surface area contributed by atoms with Crippen LogP contribution in [-0.4, -0.2) is 31.5 Å². The molecular formula is C12H18BrNO2. The normalized spacial score (nSPS) is 14.8. The van der Waals surface area contributed by atoms with Crippen molar-refractivity contribution < 1.29 is 9.84 Å². The first-order chi connectivity index (χ1) is 7.65. The van der Waals surface area contributed by atoms with E-state index in [4.69, 9.17) is 4.74 Å². The number of aliphatic hydroxyl groups excluding tert-OH is 1. The second-order valence-corrected chi connectivity index (χ2v) is 4.61. The lowest BCUT2D eigenvalue weighted by atomic mass is 10.1. The van der Waals surface area contributed by atoms with Crippen LogP contribution in [0.25, 0.3) is 0 Å². The third kappa shape index (κ3) is 4.22. The summed E-state index contributed by atoms with van der Waals surface area (Å²) in [5.74, 6) is 0. The molecule has 0 aromatic heterocycles. The fraction of sp³-hybridized carbons (Fsp3) is 0.500. The average molecular weight is 288 g/mol. The SMILES string of the molecule is COCC(O)CN[C@H](C)c1ccccc1Br. The zero-order valence-corrected chi connectivity index (χ0v) is 11.2. The minimum absolute atomic E-state index is 0.196. The van der Waals surface area contributed by atoms with Crippen LogP contribution >= 0.6 is 15.9 Å². The molecule has 3 nitrogen and oxygen atoms in total. The maximum Gasteiger partial charge on any atom is 0.0897 e. The summed E-state index contributed by atoms with van der Waals surface area (Å²) >= 11 is 3.51. The van der Waals surface area contributed by atoms with E-state index in [1.54, 1.807) is 7.11 Å². The fourth-order valence-electron chi connectivity index (χ4n) is 1.50. The predicted octanol–water partition coefficient (Wildman–Crippen LogP) is 2.11. The van der Waals surface area contributed by atoms with E-state index in [1.165, 1.54) is 5.56 Å². The Labute approximate surface area is 105 Å². The second-order valence-electron chi connectivity index (χ2n) is 3.76. The van der Waals surface area contributed by atoms with Crippen LogP contribution in [0.5, 0.6) is 0 Å². The molecule has 0 saturated heterocycles. The Morgan fingerprint density at radius 2 is 2.12 bits per heavy atom. The van der Waals surface area contributed by atoms with Gasteiger partial charge in [-0.15, -0.1) is 0 Å². The molecule has 0 saturated carbocycles. The highest BCUT2D eigenvalue weighted by Gasteiger charge is 2.10. The largest absolute Gasteiger partial charge is 0.389 e. The molecule has 0 aliphatic rings. The molecule has 0 heterocycles. The van der Waals surface area contributed by atoms with Crippen LogP contribution < -0.4 is 5.32 Å². The molecule has 0 aliphatic heterocycles. The first kappa shape index (κ1) is 13.6. The summed E-state index contributed by atoms with van der Waals surface area (Å²) in [6, 6.07) is 8.26. The summed E-state index contributed by atoms with van der Waals surface area (Å²) in [6.45, 7) is 2.95. The second kappa shape index (κ2) is 7.01. The molecular weight excluding hydrogens is 270 g/mol. The number of hydrogen-bond donors (Lipinski definition) is 2. The lowest BCUT2D eigenvalue weighted by Crippen LogP contribution is -2.31. The molecule has 0 aliphatic carbocycles. The van der Waals surface area contributed by atoms with Gasteiger partial charge in [-0.05, 0) is 18.6 Å². The van der Waals surface area contributed by atoms with E-state index >= 15 is 0 Å². The number of ether oxygens (including phenoxy) is 1. The molecule has 0 bridgehead atoms. The Hall–Kier alpha value is -0.420. The minimum atomic E-state index is -0.463. The van der Waals surface area contributed by atoms with Gasteiger partial charge < -0.3 is 15.2 Å². The van der Waals surface area contributed by atoms with Crippen LogP contribution in [0.2, 0.25) is 0 Å². The van der Waals surface area contributed by atoms with Crippen molar-refractivity contribution in [2.45, 2.75) is 19.1 Å².